The summed E-state index contributed by atoms with van der Waals surface area (Å²) >= 11 is 4.72. The van der Waals surface area contributed by atoms with E-state index in [0.29, 0.717) is 12.5 Å². The summed E-state index contributed by atoms with van der Waals surface area (Å²) < 4.78 is 26.2. The van der Waals surface area contributed by atoms with Gasteiger partial charge in [0.05, 0.1) is 4.99 Å². The van der Waals surface area contributed by atoms with Gasteiger partial charge in [0.1, 0.15) is 5.25 Å². The molecule has 0 amide bonds. The fraction of sp³-hybridized carbons (Fsp3) is 0.917. The average Bonchev–Trinajstić information content (AvgIpc) is 2.27. The zero-order valence-electron chi connectivity index (χ0n) is 11.2. The third-order valence-electron chi connectivity index (χ3n) is 3.77. The number of nitrogens with one attached hydrogen (secondary N) is 1. The van der Waals surface area contributed by atoms with Crippen molar-refractivity contribution in [3.8, 4) is 0 Å². The first-order chi connectivity index (χ1) is 8.33. The molecule has 1 fully saturated rings. The Balaban J connectivity index is 2.35. The van der Waals surface area contributed by atoms with Crippen LogP contribution in [0.4, 0.5) is 0 Å². The van der Waals surface area contributed by atoms with E-state index in [1.165, 1.54) is 32.6 Å². The van der Waals surface area contributed by atoms with Gasteiger partial charge in [-0.25, -0.2) is 13.1 Å². The van der Waals surface area contributed by atoms with Gasteiger partial charge in [0, 0.05) is 6.54 Å². The lowest BCUT2D eigenvalue weighted by molar-refractivity contribution is 0.271. The Morgan fingerprint density at radius 3 is 2.72 bits per heavy atom. The summed E-state index contributed by atoms with van der Waals surface area (Å²) in [6.45, 7) is 4.28. The second-order valence-corrected chi connectivity index (χ2v) is 7.97. The number of rotatable bonds is 6. The minimum absolute atomic E-state index is 0.0220. The van der Waals surface area contributed by atoms with E-state index in [0.717, 1.165) is 12.3 Å². The Labute approximate surface area is 116 Å². The maximum Gasteiger partial charge on any atom is 0.220 e. The largest absolute Gasteiger partial charge is 0.392 e. The quantitative estimate of drug-likeness (QED) is 0.732. The van der Waals surface area contributed by atoms with Crippen molar-refractivity contribution in [2.45, 2.75) is 51.2 Å². The molecule has 1 saturated carbocycles. The molecule has 6 heteroatoms. The van der Waals surface area contributed by atoms with E-state index in [4.69, 9.17) is 18.0 Å². The first-order valence-electron chi connectivity index (χ1n) is 6.60. The van der Waals surface area contributed by atoms with Crippen LogP contribution in [-0.2, 0) is 10.0 Å². The molecule has 3 unspecified atom stereocenters. The molecule has 0 aromatic rings. The van der Waals surface area contributed by atoms with Crippen LogP contribution in [0.5, 0.6) is 0 Å². The highest BCUT2D eigenvalue weighted by Gasteiger charge is 2.24. The number of nitrogens with two attached hydrogens (primary N) is 1. The molecule has 0 bridgehead atoms. The summed E-state index contributed by atoms with van der Waals surface area (Å²) in [6.07, 6.45) is 5.92. The van der Waals surface area contributed by atoms with E-state index in [1.54, 1.807) is 0 Å². The van der Waals surface area contributed by atoms with E-state index in [2.05, 4.69) is 11.6 Å². The summed E-state index contributed by atoms with van der Waals surface area (Å²) in [5.74, 6) is 1.42. The van der Waals surface area contributed by atoms with Gasteiger partial charge in [-0.15, -0.1) is 0 Å². The van der Waals surface area contributed by atoms with Crippen molar-refractivity contribution in [3.63, 3.8) is 0 Å². The molecule has 0 aliphatic heterocycles. The van der Waals surface area contributed by atoms with Crippen LogP contribution in [0.15, 0.2) is 0 Å². The first kappa shape index (κ1) is 15.9. The molecular weight excluding hydrogens is 268 g/mol. The SMILES string of the molecule is CC1CCCC(CCNS(=O)(=O)C(C)C(N)=S)C1. The number of sulfonamides is 1. The lowest BCUT2D eigenvalue weighted by Crippen LogP contribution is -2.40. The van der Waals surface area contributed by atoms with Crippen LogP contribution in [0.25, 0.3) is 0 Å². The van der Waals surface area contributed by atoms with Gasteiger partial charge in [-0.05, 0) is 31.6 Å². The van der Waals surface area contributed by atoms with Crippen LogP contribution in [0.3, 0.4) is 0 Å². The van der Waals surface area contributed by atoms with Crippen LogP contribution < -0.4 is 10.5 Å². The molecule has 106 valence electrons. The molecule has 0 saturated heterocycles. The summed E-state index contributed by atoms with van der Waals surface area (Å²) in [7, 11) is -3.39. The van der Waals surface area contributed by atoms with Crippen molar-refractivity contribution < 1.29 is 8.42 Å². The molecular formula is C12H24N2O2S2. The van der Waals surface area contributed by atoms with Gasteiger partial charge in [0.15, 0.2) is 0 Å². The van der Waals surface area contributed by atoms with Crippen molar-refractivity contribution >= 4 is 27.2 Å². The molecule has 18 heavy (non-hydrogen) atoms. The van der Waals surface area contributed by atoms with E-state index >= 15 is 0 Å². The van der Waals surface area contributed by atoms with Crippen molar-refractivity contribution in [2.75, 3.05) is 6.54 Å². The second-order valence-electron chi connectivity index (χ2n) is 5.41. The monoisotopic (exact) mass is 292 g/mol. The molecule has 4 nitrogen and oxygen atoms in total. The predicted molar refractivity (Wildman–Crippen MR) is 78.9 cm³/mol. The molecule has 0 radical (unpaired) electrons. The van der Waals surface area contributed by atoms with Crippen molar-refractivity contribution in [2.24, 2.45) is 17.6 Å². The summed E-state index contributed by atoms with van der Waals surface area (Å²) in [6, 6.07) is 0. The lowest BCUT2D eigenvalue weighted by atomic mass is 9.81. The van der Waals surface area contributed by atoms with Crippen LogP contribution in [-0.4, -0.2) is 25.2 Å². The van der Waals surface area contributed by atoms with Gasteiger partial charge in [0.2, 0.25) is 10.0 Å². The zero-order chi connectivity index (χ0) is 13.8. The highest BCUT2D eigenvalue weighted by atomic mass is 32.2. The molecule has 3 N–H and O–H groups in total. The molecule has 0 aromatic carbocycles. The molecule has 0 spiro atoms. The summed E-state index contributed by atoms with van der Waals surface area (Å²) in [5.41, 5.74) is 5.37. The normalized spacial score (nSPS) is 26.8. The van der Waals surface area contributed by atoms with Gasteiger partial charge >= 0.3 is 0 Å². The maximum absolute atomic E-state index is 11.8. The minimum Gasteiger partial charge on any atom is -0.392 e. The van der Waals surface area contributed by atoms with E-state index in [-0.39, 0.29) is 4.99 Å². The van der Waals surface area contributed by atoms with E-state index < -0.39 is 15.3 Å². The van der Waals surface area contributed by atoms with Gasteiger partial charge < -0.3 is 5.73 Å². The zero-order valence-corrected chi connectivity index (χ0v) is 12.8. The van der Waals surface area contributed by atoms with Gasteiger partial charge in [-0.2, -0.15) is 0 Å². The Morgan fingerprint density at radius 2 is 2.17 bits per heavy atom. The van der Waals surface area contributed by atoms with Crippen LogP contribution in [0.2, 0.25) is 0 Å². The Bertz CT molecular complexity index is 382. The number of thiocarbonyl (C=S) groups is 1. The average molecular weight is 292 g/mol. The van der Waals surface area contributed by atoms with Crippen LogP contribution >= 0.6 is 12.2 Å². The molecule has 1 aliphatic rings. The molecule has 1 rings (SSSR count). The molecule has 3 atom stereocenters. The Morgan fingerprint density at radius 1 is 1.50 bits per heavy atom. The fourth-order valence-electron chi connectivity index (χ4n) is 2.51. The maximum atomic E-state index is 11.8. The van der Waals surface area contributed by atoms with Gasteiger partial charge in [0.25, 0.3) is 0 Å². The highest BCUT2D eigenvalue weighted by Crippen LogP contribution is 2.30. The van der Waals surface area contributed by atoms with Gasteiger partial charge in [-0.3, -0.25) is 0 Å². The molecule has 0 heterocycles. The Kier molecular flexibility index (Phi) is 6.01. The topological polar surface area (TPSA) is 72.2 Å². The number of hydrogen-bond acceptors (Lipinski definition) is 3. The first-order valence-corrected chi connectivity index (χ1v) is 8.56. The van der Waals surface area contributed by atoms with Crippen LogP contribution in [0, 0.1) is 11.8 Å². The van der Waals surface area contributed by atoms with Crippen LogP contribution in [0.1, 0.15) is 46.0 Å². The van der Waals surface area contributed by atoms with E-state index in [1.807, 2.05) is 0 Å². The third kappa shape index (κ3) is 4.82. The van der Waals surface area contributed by atoms with E-state index in [9.17, 15) is 8.42 Å². The fourth-order valence-corrected chi connectivity index (χ4v) is 3.84. The molecule has 1 aliphatic carbocycles. The minimum atomic E-state index is -3.39. The second kappa shape index (κ2) is 6.82. The van der Waals surface area contributed by atoms with Gasteiger partial charge in [-0.1, -0.05) is 38.4 Å². The summed E-state index contributed by atoms with van der Waals surface area (Å²) in [4.78, 5) is 0.0220. The van der Waals surface area contributed by atoms with Crippen molar-refractivity contribution in [1.82, 2.24) is 4.72 Å². The standard InChI is InChI=1S/C12H24N2O2S2/c1-9-4-3-5-11(8-9)6-7-14-18(15,16)10(2)12(13)17/h9-11,14H,3-8H2,1-2H3,(H2,13,17). The van der Waals surface area contributed by atoms with Crippen molar-refractivity contribution in [3.05, 3.63) is 0 Å². The lowest BCUT2D eigenvalue weighted by Gasteiger charge is -2.26. The smallest absolute Gasteiger partial charge is 0.220 e. The Hall–Kier alpha value is -0.200. The predicted octanol–water partition coefficient (Wildman–Crippen LogP) is 1.80. The summed E-state index contributed by atoms with van der Waals surface area (Å²) in [5, 5.41) is -0.794. The number of hydrogen-bond donors (Lipinski definition) is 2. The highest BCUT2D eigenvalue weighted by molar-refractivity contribution is 7.93. The van der Waals surface area contributed by atoms with Crippen molar-refractivity contribution in [1.29, 1.82) is 0 Å². The molecule has 0 aromatic heterocycles. The third-order valence-corrected chi connectivity index (χ3v) is 6.06.